The Balaban J connectivity index is 1.50. The number of aromatic nitrogens is 4. The van der Waals surface area contributed by atoms with E-state index in [0.29, 0.717) is 24.6 Å². The zero-order valence-electron chi connectivity index (χ0n) is 17.1. The van der Waals surface area contributed by atoms with E-state index in [9.17, 15) is 4.79 Å². The van der Waals surface area contributed by atoms with Crippen LogP contribution in [-0.2, 0) is 6.42 Å². The third kappa shape index (κ3) is 2.88. The molecule has 0 aliphatic carbocycles. The highest BCUT2D eigenvalue weighted by atomic mass is 16.2. The predicted molar refractivity (Wildman–Crippen MR) is 120 cm³/mol. The molecule has 4 aromatic rings. The molecule has 8 heteroatoms. The monoisotopic (exact) mass is 421 g/mol. The minimum atomic E-state index is -0.492. The van der Waals surface area contributed by atoms with Crippen LogP contribution in [0.15, 0.2) is 89.9 Å². The van der Waals surface area contributed by atoms with Crippen LogP contribution in [0.2, 0.25) is 0 Å². The molecule has 2 aliphatic rings. The molecular formula is C24H19N7O. The van der Waals surface area contributed by atoms with Crippen LogP contribution in [0.3, 0.4) is 0 Å². The van der Waals surface area contributed by atoms with Gasteiger partial charge in [0.1, 0.15) is 5.84 Å². The Morgan fingerprint density at radius 1 is 0.844 bits per heavy atom. The van der Waals surface area contributed by atoms with Crippen LogP contribution in [0.25, 0.3) is 5.69 Å². The lowest BCUT2D eigenvalue weighted by atomic mass is 10.1. The van der Waals surface area contributed by atoms with Crippen molar-refractivity contribution in [1.29, 1.82) is 0 Å². The fourth-order valence-corrected chi connectivity index (χ4v) is 4.30. The average molecular weight is 421 g/mol. The van der Waals surface area contributed by atoms with Gasteiger partial charge in [0.2, 0.25) is 0 Å². The number of para-hydroxylation sites is 3. The van der Waals surface area contributed by atoms with Gasteiger partial charge in [-0.2, -0.15) is 4.68 Å². The number of hydrogen-bond donors (Lipinski definition) is 0. The molecule has 156 valence electrons. The van der Waals surface area contributed by atoms with E-state index in [1.54, 1.807) is 9.58 Å². The third-order valence-corrected chi connectivity index (χ3v) is 5.80. The molecule has 32 heavy (non-hydrogen) atoms. The number of carbonyl (C=O) groups is 1. The quantitative estimate of drug-likeness (QED) is 0.500. The molecule has 0 saturated carbocycles. The summed E-state index contributed by atoms with van der Waals surface area (Å²) in [7, 11) is 0. The van der Waals surface area contributed by atoms with Crippen molar-refractivity contribution >= 4 is 23.2 Å². The van der Waals surface area contributed by atoms with Crippen LogP contribution in [0.5, 0.6) is 0 Å². The van der Waals surface area contributed by atoms with Gasteiger partial charge in [0.25, 0.3) is 0 Å². The lowest BCUT2D eigenvalue weighted by Gasteiger charge is -2.21. The van der Waals surface area contributed by atoms with Crippen molar-refractivity contribution in [2.75, 3.05) is 11.4 Å². The smallest absolute Gasteiger partial charge is 0.306 e. The summed E-state index contributed by atoms with van der Waals surface area (Å²) in [4.78, 5) is 22.2. The number of amides is 2. The summed E-state index contributed by atoms with van der Waals surface area (Å²) in [5.41, 5.74) is 3.44. The Kier molecular flexibility index (Phi) is 4.28. The molecular weight excluding hydrogens is 402 g/mol. The lowest BCUT2D eigenvalue weighted by Crippen LogP contribution is -2.34. The van der Waals surface area contributed by atoms with Gasteiger partial charge < -0.3 is 4.90 Å². The zero-order valence-corrected chi connectivity index (χ0v) is 17.1. The van der Waals surface area contributed by atoms with Crippen molar-refractivity contribution in [2.24, 2.45) is 4.99 Å². The Labute approximate surface area is 184 Å². The number of carbonyl (C=O) groups excluding carboxylic acids is 1. The Hall–Kier alpha value is -4.33. The van der Waals surface area contributed by atoms with E-state index in [2.05, 4.69) is 27.7 Å². The van der Waals surface area contributed by atoms with Crippen molar-refractivity contribution in [3.63, 3.8) is 0 Å². The van der Waals surface area contributed by atoms with Gasteiger partial charge in [-0.1, -0.05) is 60.7 Å². The topological polar surface area (TPSA) is 79.5 Å². The molecule has 1 unspecified atom stereocenters. The van der Waals surface area contributed by atoms with Gasteiger partial charge in [-0.3, -0.25) is 0 Å². The van der Waals surface area contributed by atoms with E-state index >= 15 is 0 Å². The molecule has 1 fully saturated rings. The van der Waals surface area contributed by atoms with Gasteiger partial charge in [0.15, 0.2) is 11.9 Å². The van der Waals surface area contributed by atoms with Crippen LogP contribution in [0.1, 0.15) is 17.4 Å². The molecule has 1 saturated heterocycles. The van der Waals surface area contributed by atoms with E-state index in [0.717, 1.165) is 22.6 Å². The van der Waals surface area contributed by atoms with E-state index in [-0.39, 0.29) is 6.03 Å². The number of hydrogen-bond acceptors (Lipinski definition) is 5. The van der Waals surface area contributed by atoms with Crippen LogP contribution in [0, 0.1) is 0 Å². The molecule has 1 atom stereocenters. The van der Waals surface area contributed by atoms with E-state index in [1.807, 2.05) is 77.7 Å². The van der Waals surface area contributed by atoms with Crippen molar-refractivity contribution in [1.82, 2.24) is 25.1 Å². The molecule has 3 aromatic carbocycles. The minimum absolute atomic E-state index is 0.134. The summed E-state index contributed by atoms with van der Waals surface area (Å²) < 4.78 is 1.69. The fourth-order valence-electron chi connectivity index (χ4n) is 4.30. The summed E-state index contributed by atoms with van der Waals surface area (Å²) in [5.74, 6) is 1.18. The molecule has 1 aromatic heterocycles. The summed E-state index contributed by atoms with van der Waals surface area (Å²) in [6.45, 7) is 0.513. The third-order valence-electron chi connectivity index (χ3n) is 5.80. The standard InChI is InChI=1S/C24H19N7O/c32-24-29(16-15-17-9-3-1-4-10-17)21-22(30(24)18-11-5-2-6-12-18)25-19-13-7-8-14-20(19)31-23(21)26-27-28-31/h1-14,21H,15-16H2. The fraction of sp³-hybridized carbons (Fsp3) is 0.125. The maximum absolute atomic E-state index is 13.7. The second kappa shape index (κ2) is 7.42. The number of amidine groups is 1. The first-order chi connectivity index (χ1) is 15.8. The number of aliphatic imine (C=N–C) groups is 1. The number of urea groups is 1. The number of nitrogens with zero attached hydrogens (tertiary/aromatic N) is 7. The van der Waals surface area contributed by atoms with E-state index in [1.165, 1.54) is 0 Å². The minimum Gasteiger partial charge on any atom is -0.306 e. The first-order valence-electron chi connectivity index (χ1n) is 10.5. The van der Waals surface area contributed by atoms with Crippen LogP contribution < -0.4 is 4.90 Å². The van der Waals surface area contributed by atoms with Gasteiger partial charge in [-0.15, -0.1) is 5.10 Å². The predicted octanol–water partition coefficient (Wildman–Crippen LogP) is 3.93. The number of tetrazole rings is 1. The Bertz CT molecular complexity index is 1320. The second-order valence-electron chi connectivity index (χ2n) is 7.69. The Morgan fingerprint density at radius 3 is 2.38 bits per heavy atom. The van der Waals surface area contributed by atoms with Crippen molar-refractivity contribution < 1.29 is 4.79 Å². The summed E-state index contributed by atoms with van der Waals surface area (Å²) in [6.07, 6.45) is 0.716. The number of rotatable bonds is 4. The number of anilines is 1. The first-order valence-corrected chi connectivity index (χ1v) is 10.5. The Morgan fingerprint density at radius 2 is 1.56 bits per heavy atom. The van der Waals surface area contributed by atoms with Gasteiger partial charge in [0.05, 0.1) is 17.1 Å². The van der Waals surface area contributed by atoms with Gasteiger partial charge in [0, 0.05) is 6.54 Å². The van der Waals surface area contributed by atoms with Gasteiger partial charge in [-0.25, -0.2) is 14.7 Å². The van der Waals surface area contributed by atoms with Crippen molar-refractivity contribution in [2.45, 2.75) is 12.5 Å². The van der Waals surface area contributed by atoms with E-state index < -0.39 is 6.04 Å². The molecule has 0 bridgehead atoms. The largest absolute Gasteiger partial charge is 0.331 e. The highest BCUT2D eigenvalue weighted by molar-refractivity contribution is 6.24. The number of benzene rings is 3. The van der Waals surface area contributed by atoms with Crippen LogP contribution in [0.4, 0.5) is 16.2 Å². The molecule has 8 nitrogen and oxygen atoms in total. The molecule has 6 rings (SSSR count). The molecule has 2 aliphatic heterocycles. The lowest BCUT2D eigenvalue weighted by molar-refractivity contribution is 0.207. The van der Waals surface area contributed by atoms with Gasteiger partial charge >= 0.3 is 6.03 Å². The highest BCUT2D eigenvalue weighted by Gasteiger charge is 2.48. The SMILES string of the molecule is O=C1N(c2ccccc2)C2=Nc3ccccc3-n3nnnc3C2N1CCc1ccccc1. The van der Waals surface area contributed by atoms with Gasteiger partial charge in [-0.05, 0) is 46.7 Å². The summed E-state index contributed by atoms with van der Waals surface area (Å²) in [6, 6.07) is 26.8. The summed E-state index contributed by atoms with van der Waals surface area (Å²) >= 11 is 0. The number of fused-ring (bicyclic) bond motifs is 5. The molecule has 3 heterocycles. The summed E-state index contributed by atoms with van der Waals surface area (Å²) in [5, 5.41) is 12.5. The maximum atomic E-state index is 13.7. The van der Waals surface area contributed by atoms with Crippen molar-refractivity contribution in [3.8, 4) is 5.69 Å². The molecule has 2 amide bonds. The normalized spacial score (nSPS) is 16.8. The average Bonchev–Trinajstić information content (AvgIpc) is 3.38. The van der Waals surface area contributed by atoms with Crippen LogP contribution >= 0.6 is 0 Å². The van der Waals surface area contributed by atoms with Crippen LogP contribution in [-0.4, -0.2) is 43.5 Å². The van der Waals surface area contributed by atoms with E-state index in [4.69, 9.17) is 4.99 Å². The second-order valence-corrected chi connectivity index (χ2v) is 7.69. The maximum Gasteiger partial charge on any atom is 0.331 e. The first kappa shape index (κ1) is 18.4. The molecule has 0 N–H and O–H groups in total. The van der Waals surface area contributed by atoms with Crippen molar-refractivity contribution in [3.05, 3.63) is 96.3 Å². The highest BCUT2D eigenvalue weighted by Crippen LogP contribution is 2.40. The molecule has 0 spiro atoms. The zero-order chi connectivity index (χ0) is 21.5. The molecule has 0 radical (unpaired) electrons.